The molecule has 0 bridgehead atoms. The normalized spacial score (nSPS) is 10.7. The van der Waals surface area contributed by atoms with Crippen LogP contribution < -0.4 is 4.74 Å². The maximum Gasteiger partial charge on any atom is 0.119 e. The van der Waals surface area contributed by atoms with Crippen molar-refractivity contribution >= 4 is 0 Å². The number of hydrogen-bond donors (Lipinski definition) is 0. The molecule has 98 valence electrons. The number of rotatable bonds is 7. The Balaban J connectivity index is 2.19. The fraction of sp³-hybridized carbons (Fsp3) is 0.533. The van der Waals surface area contributed by atoms with Crippen LogP contribution in [-0.4, -0.2) is 31.6 Å². The third-order valence-corrected chi connectivity index (χ3v) is 2.61. The van der Waals surface area contributed by atoms with Gasteiger partial charge in [0.15, 0.2) is 0 Å². The molecule has 1 rings (SSSR count). The van der Waals surface area contributed by atoms with Gasteiger partial charge in [-0.05, 0) is 43.7 Å². The Morgan fingerprint density at radius 1 is 1.28 bits per heavy atom. The summed E-state index contributed by atoms with van der Waals surface area (Å²) in [5.74, 6) is 1.54. The van der Waals surface area contributed by atoms with Crippen LogP contribution in [0.1, 0.15) is 25.8 Å². The van der Waals surface area contributed by atoms with Gasteiger partial charge >= 0.3 is 0 Å². The van der Waals surface area contributed by atoms with E-state index in [1.807, 2.05) is 12.1 Å². The lowest BCUT2D eigenvalue weighted by Gasteiger charge is -2.18. The minimum absolute atomic E-state index is 0.666. The molecule has 0 amide bonds. The highest BCUT2D eigenvalue weighted by molar-refractivity contribution is 5.34. The van der Waals surface area contributed by atoms with Crippen LogP contribution in [-0.2, 0) is 0 Å². The maximum atomic E-state index is 8.68. The van der Waals surface area contributed by atoms with Gasteiger partial charge in [-0.15, -0.1) is 0 Å². The van der Waals surface area contributed by atoms with Crippen LogP contribution in [0.2, 0.25) is 0 Å². The SMILES string of the molecule is CC(C)CN(C)CCCOc1ccc(C#N)cc1. The van der Waals surface area contributed by atoms with E-state index in [9.17, 15) is 0 Å². The molecule has 0 aliphatic rings. The van der Waals surface area contributed by atoms with Crippen molar-refractivity contribution in [3.05, 3.63) is 29.8 Å². The molecule has 0 N–H and O–H groups in total. The molecular formula is C15H22N2O. The van der Waals surface area contributed by atoms with Crippen molar-refractivity contribution < 1.29 is 4.74 Å². The van der Waals surface area contributed by atoms with Crippen molar-refractivity contribution in [1.29, 1.82) is 5.26 Å². The summed E-state index contributed by atoms with van der Waals surface area (Å²) in [6, 6.07) is 9.34. The Labute approximate surface area is 110 Å². The van der Waals surface area contributed by atoms with Gasteiger partial charge in [0.2, 0.25) is 0 Å². The summed E-state index contributed by atoms with van der Waals surface area (Å²) in [5.41, 5.74) is 0.666. The summed E-state index contributed by atoms with van der Waals surface area (Å²) in [6.45, 7) is 7.34. The second kappa shape index (κ2) is 7.73. The molecule has 3 nitrogen and oxygen atoms in total. The highest BCUT2D eigenvalue weighted by Gasteiger charge is 2.01. The van der Waals surface area contributed by atoms with Gasteiger partial charge in [-0.3, -0.25) is 0 Å². The molecule has 0 atom stereocenters. The van der Waals surface area contributed by atoms with E-state index in [0.717, 1.165) is 25.3 Å². The molecular weight excluding hydrogens is 224 g/mol. The summed E-state index contributed by atoms with van der Waals surface area (Å²) in [5, 5.41) is 8.68. The highest BCUT2D eigenvalue weighted by atomic mass is 16.5. The number of hydrogen-bond acceptors (Lipinski definition) is 3. The maximum absolute atomic E-state index is 8.68. The molecule has 1 aromatic rings. The first-order chi connectivity index (χ1) is 8.61. The fourth-order valence-corrected chi connectivity index (χ4v) is 1.86. The minimum Gasteiger partial charge on any atom is -0.494 e. The predicted octanol–water partition coefficient (Wildman–Crippen LogP) is 2.91. The molecule has 0 fully saturated rings. The van der Waals surface area contributed by atoms with E-state index < -0.39 is 0 Å². The van der Waals surface area contributed by atoms with Crippen molar-refractivity contribution in [2.75, 3.05) is 26.7 Å². The number of benzene rings is 1. The number of nitriles is 1. The van der Waals surface area contributed by atoms with E-state index in [2.05, 4.69) is 31.9 Å². The molecule has 0 unspecified atom stereocenters. The quantitative estimate of drug-likeness (QED) is 0.694. The van der Waals surface area contributed by atoms with E-state index in [1.54, 1.807) is 12.1 Å². The summed E-state index contributed by atoms with van der Waals surface area (Å²) >= 11 is 0. The fourth-order valence-electron chi connectivity index (χ4n) is 1.86. The summed E-state index contributed by atoms with van der Waals surface area (Å²) in [7, 11) is 2.14. The average Bonchev–Trinajstić information content (AvgIpc) is 2.34. The predicted molar refractivity (Wildman–Crippen MR) is 73.6 cm³/mol. The third-order valence-electron chi connectivity index (χ3n) is 2.61. The second-order valence-electron chi connectivity index (χ2n) is 4.99. The van der Waals surface area contributed by atoms with Gasteiger partial charge in [0, 0.05) is 13.1 Å². The zero-order valence-electron chi connectivity index (χ0n) is 11.5. The second-order valence-corrected chi connectivity index (χ2v) is 4.99. The molecule has 0 saturated heterocycles. The van der Waals surface area contributed by atoms with Crippen LogP contribution in [0, 0.1) is 17.2 Å². The van der Waals surface area contributed by atoms with Gasteiger partial charge in [0.1, 0.15) is 5.75 Å². The average molecular weight is 246 g/mol. The van der Waals surface area contributed by atoms with Crippen LogP contribution in [0.15, 0.2) is 24.3 Å². The van der Waals surface area contributed by atoms with Gasteiger partial charge in [-0.2, -0.15) is 5.26 Å². The first-order valence-electron chi connectivity index (χ1n) is 6.43. The van der Waals surface area contributed by atoms with Gasteiger partial charge < -0.3 is 9.64 Å². The summed E-state index contributed by atoms with van der Waals surface area (Å²) < 4.78 is 5.62. The topological polar surface area (TPSA) is 36.3 Å². The Hall–Kier alpha value is -1.53. The Bertz CT molecular complexity index is 378. The lowest BCUT2D eigenvalue weighted by molar-refractivity contribution is 0.247. The molecule has 0 aromatic heterocycles. The summed E-state index contributed by atoms with van der Waals surface area (Å²) in [4.78, 5) is 2.33. The van der Waals surface area contributed by atoms with Crippen molar-refractivity contribution in [3.63, 3.8) is 0 Å². The first-order valence-corrected chi connectivity index (χ1v) is 6.43. The highest BCUT2D eigenvalue weighted by Crippen LogP contribution is 2.11. The Kier molecular flexibility index (Phi) is 6.24. The minimum atomic E-state index is 0.666. The Morgan fingerprint density at radius 2 is 1.94 bits per heavy atom. The molecule has 0 saturated carbocycles. The Morgan fingerprint density at radius 3 is 2.50 bits per heavy atom. The van der Waals surface area contributed by atoms with Gasteiger partial charge in [-0.25, -0.2) is 0 Å². The van der Waals surface area contributed by atoms with E-state index in [1.165, 1.54) is 0 Å². The standard InChI is InChI=1S/C15H22N2O/c1-13(2)12-17(3)9-4-10-18-15-7-5-14(11-16)6-8-15/h5-8,13H,4,9-10,12H2,1-3H3. The van der Waals surface area contributed by atoms with Crippen molar-refractivity contribution in [2.24, 2.45) is 5.92 Å². The van der Waals surface area contributed by atoms with E-state index in [0.29, 0.717) is 18.1 Å². The van der Waals surface area contributed by atoms with Crippen molar-refractivity contribution in [3.8, 4) is 11.8 Å². The number of ether oxygens (including phenoxy) is 1. The van der Waals surface area contributed by atoms with Crippen molar-refractivity contribution in [2.45, 2.75) is 20.3 Å². The first kappa shape index (κ1) is 14.5. The number of nitrogens with zero attached hydrogens (tertiary/aromatic N) is 2. The zero-order valence-corrected chi connectivity index (χ0v) is 11.5. The molecule has 18 heavy (non-hydrogen) atoms. The van der Waals surface area contributed by atoms with Crippen LogP contribution >= 0.6 is 0 Å². The van der Waals surface area contributed by atoms with Crippen LogP contribution in [0.5, 0.6) is 5.75 Å². The molecule has 0 heterocycles. The zero-order chi connectivity index (χ0) is 13.4. The largest absolute Gasteiger partial charge is 0.494 e. The molecule has 3 heteroatoms. The van der Waals surface area contributed by atoms with E-state index in [4.69, 9.17) is 10.00 Å². The van der Waals surface area contributed by atoms with Gasteiger partial charge in [0.25, 0.3) is 0 Å². The summed E-state index contributed by atoms with van der Waals surface area (Å²) in [6.07, 6.45) is 1.02. The monoisotopic (exact) mass is 246 g/mol. The lowest BCUT2D eigenvalue weighted by atomic mass is 10.2. The van der Waals surface area contributed by atoms with E-state index in [-0.39, 0.29) is 0 Å². The third kappa shape index (κ3) is 5.70. The molecule has 0 aliphatic heterocycles. The van der Waals surface area contributed by atoms with Gasteiger partial charge in [-0.1, -0.05) is 13.8 Å². The van der Waals surface area contributed by atoms with Crippen molar-refractivity contribution in [1.82, 2.24) is 4.90 Å². The molecule has 1 aromatic carbocycles. The van der Waals surface area contributed by atoms with Crippen LogP contribution in [0.25, 0.3) is 0 Å². The van der Waals surface area contributed by atoms with Gasteiger partial charge in [0.05, 0.1) is 18.2 Å². The van der Waals surface area contributed by atoms with Crippen LogP contribution in [0.3, 0.4) is 0 Å². The van der Waals surface area contributed by atoms with E-state index >= 15 is 0 Å². The molecule has 0 spiro atoms. The molecule has 0 aliphatic carbocycles. The van der Waals surface area contributed by atoms with Crippen LogP contribution in [0.4, 0.5) is 0 Å². The smallest absolute Gasteiger partial charge is 0.119 e. The lowest BCUT2D eigenvalue weighted by Crippen LogP contribution is -2.25. The molecule has 0 radical (unpaired) electrons.